The third-order valence-corrected chi connectivity index (χ3v) is 6.01. The molecule has 162 valence electrons. The summed E-state index contributed by atoms with van der Waals surface area (Å²) in [5, 5.41) is 2.98. The van der Waals surface area contributed by atoms with Crippen molar-refractivity contribution in [3.05, 3.63) is 82.1 Å². The molecule has 0 bridgehead atoms. The molecule has 0 saturated carbocycles. The van der Waals surface area contributed by atoms with Gasteiger partial charge < -0.3 is 10.1 Å². The highest BCUT2D eigenvalue weighted by atomic mass is 35.5. The summed E-state index contributed by atoms with van der Waals surface area (Å²) in [5.41, 5.74) is 0.0151. The lowest BCUT2D eigenvalue weighted by Crippen LogP contribution is -2.17. The first-order valence-electron chi connectivity index (χ1n) is 9.02. The summed E-state index contributed by atoms with van der Waals surface area (Å²) < 4.78 is 47.5. The van der Waals surface area contributed by atoms with E-state index in [4.69, 9.17) is 27.9 Å². The first-order valence-corrected chi connectivity index (χ1v) is 11.3. The van der Waals surface area contributed by atoms with Crippen molar-refractivity contribution in [2.75, 3.05) is 16.6 Å². The molecule has 0 aliphatic rings. The minimum Gasteiger partial charge on any atom is -0.492 e. The summed E-state index contributed by atoms with van der Waals surface area (Å²) in [6.07, 6.45) is 0. The minimum absolute atomic E-state index is 0.0696. The number of nitrogens with one attached hydrogen (secondary N) is 2. The van der Waals surface area contributed by atoms with Crippen LogP contribution in [0.4, 0.5) is 15.8 Å². The van der Waals surface area contributed by atoms with Gasteiger partial charge in [0, 0.05) is 5.02 Å². The maximum absolute atomic E-state index is 13.9. The highest BCUT2D eigenvalue weighted by Crippen LogP contribution is 2.31. The van der Waals surface area contributed by atoms with Gasteiger partial charge in [-0.05, 0) is 55.5 Å². The zero-order valence-corrected chi connectivity index (χ0v) is 18.5. The molecule has 2 N–H and O–H groups in total. The fourth-order valence-electron chi connectivity index (χ4n) is 2.67. The van der Waals surface area contributed by atoms with Gasteiger partial charge in [-0.15, -0.1) is 0 Å². The van der Waals surface area contributed by atoms with Crippen molar-refractivity contribution in [1.82, 2.24) is 0 Å². The Kier molecular flexibility index (Phi) is 7.04. The molecule has 0 aromatic heterocycles. The molecule has 0 aliphatic carbocycles. The predicted octanol–water partition coefficient (Wildman–Crippen LogP) is 5.58. The maximum Gasteiger partial charge on any atom is 0.262 e. The fourth-order valence-corrected chi connectivity index (χ4v) is 4.28. The number of sulfonamides is 1. The van der Waals surface area contributed by atoms with E-state index in [1.807, 2.05) is 0 Å². The van der Waals surface area contributed by atoms with Crippen LogP contribution >= 0.6 is 23.2 Å². The number of hydrogen-bond donors (Lipinski definition) is 2. The molecule has 31 heavy (non-hydrogen) atoms. The Labute approximate surface area is 189 Å². The Balaban J connectivity index is 1.95. The first kappa shape index (κ1) is 22.9. The number of rotatable bonds is 7. The van der Waals surface area contributed by atoms with Gasteiger partial charge in [-0.3, -0.25) is 9.52 Å². The SMILES string of the molecule is CCOc1ccc(S(=O)(=O)Nc2ccc(Cl)cc2Cl)cc1NC(=O)c1ccccc1F. The molecule has 3 rings (SSSR count). The molecule has 1 amide bonds. The summed E-state index contributed by atoms with van der Waals surface area (Å²) in [6, 6.07) is 13.7. The van der Waals surface area contributed by atoms with Crippen molar-refractivity contribution >= 4 is 50.5 Å². The van der Waals surface area contributed by atoms with Gasteiger partial charge in [0.2, 0.25) is 0 Å². The highest BCUT2D eigenvalue weighted by molar-refractivity contribution is 7.92. The number of hydrogen-bond acceptors (Lipinski definition) is 4. The lowest BCUT2D eigenvalue weighted by molar-refractivity contribution is 0.102. The first-order chi connectivity index (χ1) is 14.7. The van der Waals surface area contributed by atoms with E-state index in [-0.39, 0.29) is 39.2 Å². The third-order valence-electron chi connectivity index (χ3n) is 4.10. The molecule has 0 heterocycles. The largest absolute Gasteiger partial charge is 0.492 e. The molecule has 6 nitrogen and oxygen atoms in total. The van der Waals surface area contributed by atoms with Crippen LogP contribution in [-0.4, -0.2) is 20.9 Å². The number of ether oxygens (including phenoxy) is 1. The van der Waals surface area contributed by atoms with E-state index in [0.717, 1.165) is 6.07 Å². The number of carbonyl (C=O) groups excluding carboxylic acids is 1. The summed E-state index contributed by atoms with van der Waals surface area (Å²) in [4.78, 5) is 12.4. The van der Waals surface area contributed by atoms with Crippen LogP contribution in [0, 0.1) is 5.82 Å². The van der Waals surface area contributed by atoms with Gasteiger partial charge in [0.1, 0.15) is 11.6 Å². The Morgan fingerprint density at radius 1 is 1.03 bits per heavy atom. The highest BCUT2D eigenvalue weighted by Gasteiger charge is 2.20. The van der Waals surface area contributed by atoms with E-state index >= 15 is 0 Å². The molecule has 3 aromatic rings. The van der Waals surface area contributed by atoms with E-state index in [0.29, 0.717) is 5.02 Å². The summed E-state index contributed by atoms with van der Waals surface area (Å²) in [5.74, 6) is -1.22. The number of halogens is 3. The monoisotopic (exact) mass is 482 g/mol. The smallest absolute Gasteiger partial charge is 0.262 e. The molecule has 0 aliphatic heterocycles. The normalized spacial score (nSPS) is 11.1. The third kappa shape index (κ3) is 5.46. The van der Waals surface area contributed by atoms with Gasteiger partial charge in [0.25, 0.3) is 15.9 Å². The molecule has 0 spiro atoms. The second kappa shape index (κ2) is 9.55. The van der Waals surface area contributed by atoms with Crippen LogP contribution in [0.3, 0.4) is 0 Å². The molecule has 3 aromatic carbocycles. The molecule has 0 radical (unpaired) electrons. The van der Waals surface area contributed by atoms with Gasteiger partial charge in [-0.1, -0.05) is 35.3 Å². The van der Waals surface area contributed by atoms with Gasteiger partial charge in [-0.25, -0.2) is 12.8 Å². The van der Waals surface area contributed by atoms with E-state index in [2.05, 4.69) is 10.0 Å². The lowest BCUT2D eigenvalue weighted by atomic mass is 10.2. The molecule has 0 fully saturated rings. The zero-order valence-electron chi connectivity index (χ0n) is 16.2. The molecule has 0 atom stereocenters. The molecule has 10 heteroatoms. The van der Waals surface area contributed by atoms with Gasteiger partial charge >= 0.3 is 0 Å². The van der Waals surface area contributed by atoms with Crippen LogP contribution in [-0.2, 0) is 10.0 Å². The second-order valence-electron chi connectivity index (χ2n) is 6.25. The summed E-state index contributed by atoms with van der Waals surface area (Å²) >= 11 is 11.9. The van der Waals surface area contributed by atoms with E-state index in [1.54, 1.807) is 6.92 Å². The number of anilines is 2. The van der Waals surface area contributed by atoms with Crippen LogP contribution in [0.25, 0.3) is 0 Å². The van der Waals surface area contributed by atoms with Gasteiger partial charge in [0.15, 0.2) is 0 Å². The Morgan fingerprint density at radius 3 is 2.45 bits per heavy atom. The second-order valence-corrected chi connectivity index (χ2v) is 8.78. The van der Waals surface area contributed by atoms with Crippen LogP contribution in [0.2, 0.25) is 10.0 Å². The Hall–Kier alpha value is -2.81. The topological polar surface area (TPSA) is 84.5 Å². The summed E-state index contributed by atoms with van der Waals surface area (Å²) in [6.45, 7) is 2.00. The average Bonchev–Trinajstić information content (AvgIpc) is 2.71. The van der Waals surface area contributed by atoms with Crippen molar-refractivity contribution in [3.8, 4) is 5.75 Å². The van der Waals surface area contributed by atoms with E-state index < -0.39 is 21.7 Å². The number of carbonyl (C=O) groups is 1. The van der Waals surface area contributed by atoms with Crippen molar-refractivity contribution in [2.45, 2.75) is 11.8 Å². The molecular formula is C21H17Cl2FN2O4S. The van der Waals surface area contributed by atoms with Crippen LogP contribution in [0.1, 0.15) is 17.3 Å². The van der Waals surface area contributed by atoms with Crippen molar-refractivity contribution in [3.63, 3.8) is 0 Å². The van der Waals surface area contributed by atoms with Gasteiger partial charge in [0.05, 0.1) is 33.5 Å². The number of amides is 1. The Bertz CT molecular complexity index is 1240. The lowest BCUT2D eigenvalue weighted by Gasteiger charge is -2.15. The molecular weight excluding hydrogens is 466 g/mol. The minimum atomic E-state index is -4.07. The average molecular weight is 483 g/mol. The van der Waals surface area contributed by atoms with E-state index in [9.17, 15) is 17.6 Å². The fraction of sp³-hybridized carbons (Fsp3) is 0.0952. The standard InChI is InChI=1S/C21H17Cl2FN2O4S/c1-2-30-20-10-8-14(31(28,29)26-18-9-7-13(22)11-16(18)23)12-19(20)25-21(27)15-5-3-4-6-17(15)24/h3-12,26H,2H2,1H3,(H,25,27). The van der Waals surface area contributed by atoms with Crippen LogP contribution in [0.15, 0.2) is 65.6 Å². The zero-order chi connectivity index (χ0) is 22.6. The predicted molar refractivity (Wildman–Crippen MR) is 119 cm³/mol. The molecule has 0 saturated heterocycles. The van der Waals surface area contributed by atoms with Crippen molar-refractivity contribution in [1.29, 1.82) is 0 Å². The van der Waals surface area contributed by atoms with E-state index in [1.165, 1.54) is 54.6 Å². The molecule has 0 unspecified atom stereocenters. The maximum atomic E-state index is 13.9. The number of benzene rings is 3. The van der Waals surface area contributed by atoms with Crippen molar-refractivity contribution in [2.24, 2.45) is 0 Å². The summed E-state index contributed by atoms with van der Waals surface area (Å²) in [7, 11) is -4.07. The van der Waals surface area contributed by atoms with Crippen LogP contribution < -0.4 is 14.8 Å². The van der Waals surface area contributed by atoms with Gasteiger partial charge in [-0.2, -0.15) is 0 Å². The Morgan fingerprint density at radius 2 is 1.77 bits per heavy atom. The van der Waals surface area contributed by atoms with Crippen molar-refractivity contribution < 1.29 is 22.3 Å². The van der Waals surface area contributed by atoms with Crippen LogP contribution in [0.5, 0.6) is 5.75 Å². The quantitative estimate of drug-likeness (QED) is 0.459.